The molecule has 0 saturated carbocycles. The minimum Gasteiger partial charge on any atom is -0.463 e. The minimum absolute atomic E-state index is 0.193. The van der Waals surface area contributed by atoms with Crippen molar-refractivity contribution in [3.05, 3.63) is 0 Å². The lowest BCUT2D eigenvalue weighted by Crippen LogP contribution is -2.11. The topological polar surface area (TPSA) is 162 Å². The molecule has 0 spiro atoms. The van der Waals surface area contributed by atoms with Gasteiger partial charge in [0.25, 0.3) is 0 Å². The molecule has 14 nitrogen and oxygen atoms in total. The molecule has 21 heteroatoms. The summed E-state index contributed by atoms with van der Waals surface area (Å²) < 4.78 is 50.6. The number of aromatic nitrogens is 3. The Bertz CT molecular complexity index is 873. The average molecular weight is 888 g/mol. The van der Waals surface area contributed by atoms with Crippen LogP contribution in [0.3, 0.4) is 0 Å². The van der Waals surface area contributed by atoms with Crippen LogP contribution in [0, 0.1) is 0 Å². The molecule has 0 bridgehead atoms. The Labute approximate surface area is 346 Å². The highest BCUT2D eigenvalue weighted by Crippen LogP contribution is 2.23. The highest BCUT2D eigenvalue weighted by molar-refractivity contribution is 8.00. The number of hydrogen-bond donors (Lipinski definition) is 4. The molecule has 0 saturated heterocycles. The Morgan fingerprint density at radius 3 is 1.00 bits per heavy atom. The van der Waals surface area contributed by atoms with E-state index in [1.54, 1.807) is 23.5 Å². The van der Waals surface area contributed by atoms with Crippen LogP contribution in [-0.2, 0) is 28.4 Å². The van der Waals surface area contributed by atoms with Crippen molar-refractivity contribution in [2.24, 2.45) is 0 Å². The highest BCUT2D eigenvalue weighted by Gasteiger charge is 2.11. The third-order valence-electron chi connectivity index (χ3n) is 6.08. The van der Waals surface area contributed by atoms with Crippen LogP contribution >= 0.6 is 80.7 Å². The van der Waals surface area contributed by atoms with E-state index in [2.05, 4.69) is 40.2 Å². The van der Waals surface area contributed by atoms with Crippen molar-refractivity contribution < 1.29 is 52.4 Å². The Morgan fingerprint density at radius 1 is 0.396 bits per heavy atom. The number of thiol groups is 2. The van der Waals surface area contributed by atoms with Crippen LogP contribution in [0.1, 0.15) is 19.3 Å². The van der Waals surface area contributed by atoms with Crippen molar-refractivity contribution in [2.75, 3.05) is 163 Å². The maximum Gasteiger partial charge on any atom is 0.325 e. The molecular formula is C32H62N3O11PS6. The van der Waals surface area contributed by atoms with Gasteiger partial charge in [-0.15, -0.1) is 15.0 Å². The first-order valence-corrected chi connectivity index (χ1v) is 25.3. The Morgan fingerprint density at radius 2 is 0.698 bits per heavy atom. The van der Waals surface area contributed by atoms with Crippen LogP contribution in [0.25, 0.3) is 0 Å². The van der Waals surface area contributed by atoms with Gasteiger partial charge in [-0.25, -0.2) is 0 Å². The largest absolute Gasteiger partial charge is 0.463 e. The Hall–Kier alpha value is 0.620. The predicted octanol–water partition coefficient (Wildman–Crippen LogP) is 4.37. The van der Waals surface area contributed by atoms with Crippen molar-refractivity contribution in [2.45, 2.75) is 19.3 Å². The van der Waals surface area contributed by atoms with Gasteiger partial charge in [-0.3, -0.25) is 0 Å². The zero-order chi connectivity index (χ0) is 38.1. The van der Waals surface area contributed by atoms with Crippen LogP contribution < -0.4 is 14.2 Å². The third-order valence-corrected chi connectivity index (χ3v) is 11.4. The normalized spacial score (nSPS) is 11.5. The molecule has 1 aromatic rings. The molecule has 0 aliphatic heterocycles. The number of ether oxygens (including phenoxy) is 9. The van der Waals surface area contributed by atoms with Gasteiger partial charge in [-0.2, -0.15) is 72.3 Å². The summed E-state index contributed by atoms with van der Waals surface area (Å²) in [5.41, 5.74) is 0. The van der Waals surface area contributed by atoms with Gasteiger partial charge >= 0.3 is 18.0 Å². The molecule has 0 unspecified atom stereocenters. The van der Waals surface area contributed by atoms with E-state index >= 15 is 0 Å². The van der Waals surface area contributed by atoms with Gasteiger partial charge in [0.2, 0.25) is 0 Å². The number of hydrogen-bond acceptors (Lipinski definition) is 20. The smallest absolute Gasteiger partial charge is 0.325 e. The average Bonchev–Trinajstić information content (AvgIpc) is 3.15. The zero-order valence-electron chi connectivity index (χ0n) is 30.9. The van der Waals surface area contributed by atoms with Gasteiger partial charge in [-0.1, -0.05) is 0 Å². The SMILES string of the molecule is OP(O)CCSCCOCCOCCSCCCOc1nc(OCCCSCCOCCOCCS)nc(OCCCSCCOCCOCCS)n1. The van der Waals surface area contributed by atoms with Gasteiger partial charge in [0, 0.05) is 46.4 Å². The molecule has 53 heavy (non-hydrogen) atoms. The zero-order valence-corrected chi connectivity index (χ0v) is 36.8. The second-order valence-electron chi connectivity index (χ2n) is 10.5. The molecule has 0 amide bonds. The molecule has 1 aromatic heterocycles. The van der Waals surface area contributed by atoms with E-state index in [1.165, 1.54) is 0 Å². The monoisotopic (exact) mass is 887 g/mol. The molecule has 0 radical (unpaired) electrons. The summed E-state index contributed by atoms with van der Waals surface area (Å²) in [6.45, 7) is 8.86. The summed E-state index contributed by atoms with van der Waals surface area (Å²) in [5.74, 6) is 8.49. The van der Waals surface area contributed by atoms with E-state index in [0.29, 0.717) is 105 Å². The van der Waals surface area contributed by atoms with Crippen LogP contribution in [0.4, 0.5) is 0 Å². The highest BCUT2D eigenvalue weighted by atomic mass is 32.2. The molecule has 312 valence electrons. The lowest BCUT2D eigenvalue weighted by molar-refractivity contribution is 0.0605. The van der Waals surface area contributed by atoms with Crippen molar-refractivity contribution >= 4 is 80.7 Å². The second kappa shape index (κ2) is 42.2. The Balaban J connectivity index is 2.27. The van der Waals surface area contributed by atoms with Crippen molar-refractivity contribution in [3.63, 3.8) is 0 Å². The van der Waals surface area contributed by atoms with Crippen molar-refractivity contribution in [1.82, 2.24) is 15.0 Å². The van der Waals surface area contributed by atoms with E-state index < -0.39 is 8.38 Å². The molecule has 0 atom stereocenters. The first kappa shape index (κ1) is 51.6. The van der Waals surface area contributed by atoms with Gasteiger partial charge in [0.05, 0.1) is 99.1 Å². The molecule has 2 N–H and O–H groups in total. The fourth-order valence-corrected chi connectivity index (χ4v) is 7.76. The maximum absolute atomic E-state index is 8.89. The summed E-state index contributed by atoms with van der Waals surface area (Å²) in [6.07, 6.45) is 2.94. The standard InChI is InChI=1S/C32H62N3O11PS6/c36-47(37)19-29-53-28-18-43-12-11-42-17-27-52-24-3-6-46-32-34-30(44-4-1-22-50-25-15-40-9-7-38-13-20-48)33-31(35-32)45-5-2-23-51-26-16-41-10-8-39-14-21-49/h36-37,48-49H,1-29H2. The van der Waals surface area contributed by atoms with Crippen LogP contribution in [-0.4, -0.2) is 188 Å². The fourth-order valence-electron chi connectivity index (χ4n) is 3.61. The van der Waals surface area contributed by atoms with E-state index in [0.717, 1.165) is 76.8 Å². The quantitative estimate of drug-likeness (QED) is 0.0416. The van der Waals surface area contributed by atoms with Gasteiger partial charge in [0.1, 0.15) is 0 Å². The molecule has 0 aliphatic carbocycles. The minimum atomic E-state index is -1.79. The summed E-state index contributed by atoms with van der Waals surface area (Å²) >= 11 is 15.3. The number of thioether (sulfide) groups is 4. The third kappa shape index (κ3) is 37.9. The van der Waals surface area contributed by atoms with Crippen molar-refractivity contribution in [3.8, 4) is 18.0 Å². The van der Waals surface area contributed by atoms with Crippen LogP contribution in [0.15, 0.2) is 0 Å². The molecule has 1 heterocycles. The van der Waals surface area contributed by atoms with Crippen molar-refractivity contribution in [1.29, 1.82) is 0 Å². The van der Waals surface area contributed by atoms with Crippen LogP contribution in [0.5, 0.6) is 18.0 Å². The molecular weight excluding hydrogens is 826 g/mol. The summed E-state index contributed by atoms with van der Waals surface area (Å²) in [6, 6.07) is 0.583. The first-order chi connectivity index (χ1) is 26.2. The summed E-state index contributed by atoms with van der Waals surface area (Å²) in [5, 5.41) is 0. The first-order valence-electron chi connectivity index (χ1n) is 17.9. The second-order valence-corrected chi connectivity index (χ2v) is 17.4. The molecule has 1 rings (SSSR count). The van der Waals surface area contributed by atoms with E-state index in [-0.39, 0.29) is 18.0 Å². The number of rotatable bonds is 43. The molecule has 0 fully saturated rings. The van der Waals surface area contributed by atoms with Gasteiger partial charge in [-0.05, 0) is 36.5 Å². The van der Waals surface area contributed by atoms with Gasteiger partial charge < -0.3 is 52.4 Å². The Kier molecular flexibility index (Phi) is 41.1. The molecule has 0 aromatic carbocycles. The lowest BCUT2D eigenvalue weighted by Gasteiger charge is -2.10. The van der Waals surface area contributed by atoms with Crippen LogP contribution in [0.2, 0.25) is 0 Å². The van der Waals surface area contributed by atoms with E-state index in [4.69, 9.17) is 52.4 Å². The van der Waals surface area contributed by atoms with E-state index in [1.807, 2.05) is 23.5 Å². The summed E-state index contributed by atoms with van der Waals surface area (Å²) in [4.78, 5) is 30.9. The summed E-state index contributed by atoms with van der Waals surface area (Å²) in [7, 11) is -1.79. The molecule has 0 aliphatic rings. The maximum atomic E-state index is 8.89. The number of nitrogens with zero attached hydrogens (tertiary/aromatic N) is 3. The van der Waals surface area contributed by atoms with E-state index in [9.17, 15) is 0 Å². The fraction of sp³-hybridized carbons (Fsp3) is 0.906. The lowest BCUT2D eigenvalue weighted by atomic mass is 10.5. The van der Waals surface area contributed by atoms with Gasteiger partial charge in [0.15, 0.2) is 8.38 Å². The predicted molar refractivity (Wildman–Crippen MR) is 228 cm³/mol.